The third kappa shape index (κ3) is 3.78. The molecular formula is C15H17BrF3NO. The Hall–Kier alpha value is -1.04. The summed E-state index contributed by atoms with van der Waals surface area (Å²) in [6.45, 7) is 5.30. The van der Waals surface area contributed by atoms with Crippen molar-refractivity contribution in [1.29, 1.82) is 0 Å². The maximum Gasteiger partial charge on any atom is 0.417 e. The van der Waals surface area contributed by atoms with Crippen molar-refractivity contribution < 1.29 is 18.0 Å². The van der Waals surface area contributed by atoms with Crippen LogP contribution in [0.15, 0.2) is 22.7 Å². The van der Waals surface area contributed by atoms with E-state index in [4.69, 9.17) is 0 Å². The molecule has 1 aromatic carbocycles. The summed E-state index contributed by atoms with van der Waals surface area (Å²) in [5.74, 6) is -0.333. The lowest BCUT2D eigenvalue weighted by Gasteiger charge is -2.38. The lowest BCUT2D eigenvalue weighted by molar-refractivity contribution is -0.138. The number of hydrogen-bond donors (Lipinski definition) is 0. The first-order chi connectivity index (χ1) is 9.60. The van der Waals surface area contributed by atoms with Crippen LogP contribution in [0.3, 0.4) is 0 Å². The molecule has 21 heavy (non-hydrogen) atoms. The van der Waals surface area contributed by atoms with Crippen molar-refractivity contribution in [2.75, 3.05) is 13.1 Å². The number of alkyl halides is 3. The summed E-state index contributed by atoms with van der Waals surface area (Å²) in [5, 5.41) is 0. The molecule has 0 N–H and O–H groups in total. The fraction of sp³-hybridized carbons (Fsp3) is 0.533. The van der Waals surface area contributed by atoms with Gasteiger partial charge in [-0.05, 0) is 36.5 Å². The molecule has 1 saturated heterocycles. The quantitative estimate of drug-likeness (QED) is 0.706. The normalized spacial score (nSPS) is 18.7. The Morgan fingerprint density at radius 2 is 2.00 bits per heavy atom. The largest absolute Gasteiger partial charge is 0.417 e. The number of rotatable bonds is 1. The summed E-state index contributed by atoms with van der Waals surface area (Å²) in [7, 11) is 0. The Balaban J connectivity index is 2.28. The van der Waals surface area contributed by atoms with Crippen molar-refractivity contribution in [1.82, 2.24) is 4.90 Å². The van der Waals surface area contributed by atoms with Crippen LogP contribution in [-0.2, 0) is 6.18 Å². The Morgan fingerprint density at radius 1 is 1.33 bits per heavy atom. The van der Waals surface area contributed by atoms with E-state index in [1.165, 1.54) is 12.1 Å². The minimum atomic E-state index is -4.48. The number of benzene rings is 1. The molecule has 1 fully saturated rings. The topological polar surface area (TPSA) is 20.3 Å². The minimum Gasteiger partial charge on any atom is -0.338 e. The molecule has 1 amide bonds. The van der Waals surface area contributed by atoms with Crippen LogP contribution in [-0.4, -0.2) is 23.9 Å². The molecule has 0 saturated carbocycles. The molecule has 0 spiro atoms. The van der Waals surface area contributed by atoms with Gasteiger partial charge in [-0.15, -0.1) is 0 Å². The number of piperidine rings is 1. The van der Waals surface area contributed by atoms with Crippen LogP contribution in [0.25, 0.3) is 0 Å². The Bertz CT molecular complexity index is 554. The number of amides is 1. The zero-order valence-electron chi connectivity index (χ0n) is 11.9. The highest BCUT2D eigenvalue weighted by molar-refractivity contribution is 9.10. The van der Waals surface area contributed by atoms with Gasteiger partial charge < -0.3 is 4.90 Å². The molecule has 0 atom stereocenters. The van der Waals surface area contributed by atoms with E-state index < -0.39 is 11.7 Å². The third-order valence-electron chi connectivity index (χ3n) is 3.71. The third-order valence-corrected chi connectivity index (χ3v) is 4.40. The van der Waals surface area contributed by atoms with E-state index in [0.717, 1.165) is 18.9 Å². The average Bonchev–Trinajstić information content (AvgIpc) is 2.36. The molecule has 116 valence electrons. The van der Waals surface area contributed by atoms with Crippen molar-refractivity contribution in [3.63, 3.8) is 0 Å². The van der Waals surface area contributed by atoms with Crippen LogP contribution in [0.2, 0.25) is 0 Å². The van der Waals surface area contributed by atoms with E-state index in [1.807, 2.05) is 0 Å². The number of carbonyl (C=O) groups is 1. The molecule has 0 radical (unpaired) electrons. The van der Waals surface area contributed by atoms with E-state index in [-0.39, 0.29) is 21.4 Å². The van der Waals surface area contributed by atoms with Crippen molar-refractivity contribution in [2.24, 2.45) is 5.41 Å². The lowest BCUT2D eigenvalue weighted by Crippen LogP contribution is -2.43. The van der Waals surface area contributed by atoms with Crippen LogP contribution in [0.4, 0.5) is 13.2 Å². The summed E-state index contributed by atoms with van der Waals surface area (Å²) in [6, 6.07) is 3.64. The highest BCUT2D eigenvalue weighted by Gasteiger charge is 2.35. The smallest absolute Gasteiger partial charge is 0.338 e. The van der Waals surface area contributed by atoms with E-state index in [2.05, 4.69) is 29.8 Å². The summed E-state index contributed by atoms with van der Waals surface area (Å²) in [6.07, 6.45) is -2.58. The standard InChI is InChI=1S/C15H17BrF3NO/c1-14(2)6-3-7-20(9-14)13(21)10-4-5-12(16)11(8-10)15(17,18)19/h4-5,8H,3,6-7,9H2,1-2H3. The molecular weight excluding hydrogens is 347 g/mol. The molecule has 0 aliphatic carbocycles. The number of likely N-dealkylation sites (tertiary alicyclic amines) is 1. The van der Waals surface area contributed by atoms with Crippen molar-refractivity contribution in [2.45, 2.75) is 32.9 Å². The van der Waals surface area contributed by atoms with Crippen LogP contribution >= 0.6 is 15.9 Å². The molecule has 1 aromatic rings. The predicted molar refractivity (Wildman–Crippen MR) is 78.1 cm³/mol. The second-order valence-electron chi connectivity index (χ2n) is 6.19. The first-order valence-electron chi connectivity index (χ1n) is 6.76. The molecule has 0 bridgehead atoms. The summed E-state index contributed by atoms with van der Waals surface area (Å²) >= 11 is 2.88. The highest BCUT2D eigenvalue weighted by atomic mass is 79.9. The minimum absolute atomic E-state index is 0.0101. The zero-order valence-corrected chi connectivity index (χ0v) is 13.5. The van der Waals surface area contributed by atoms with E-state index in [1.54, 1.807) is 4.90 Å². The van der Waals surface area contributed by atoms with E-state index in [0.29, 0.717) is 13.1 Å². The Kier molecular flexibility index (Phi) is 4.38. The summed E-state index contributed by atoms with van der Waals surface area (Å²) < 4.78 is 38.7. The first-order valence-corrected chi connectivity index (χ1v) is 7.55. The second-order valence-corrected chi connectivity index (χ2v) is 7.04. The molecule has 6 heteroatoms. The Morgan fingerprint density at radius 3 is 2.57 bits per heavy atom. The first kappa shape index (κ1) is 16.3. The number of carbonyl (C=O) groups excluding carboxylic acids is 1. The molecule has 2 nitrogen and oxygen atoms in total. The number of nitrogens with zero attached hydrogens (tertiary/aromatic N) is 1. The average molecular weight is 364 g/mol. The van der Waals surface area contributed by atoms with Gasteiger partial charge in [-0.25, -0.2) is 0 Å². The van der Waals surface area contributed by atoms with E-state index >= 15 is 0 Å². The highest BCUT2D eigenvalue weighted by Crippen LogP contribution is 2.36. The van der Waals surface area contributed by atoms with Crippen LogP contribution in [0.5, 0.6) is 0 Å². The van der Waals surface area contributed by atoms with Gasteiger partial charge >= 0.3 is 6.18 Å². The van der Waals surface area contributed by atoms with Crippen molar-refractivity contribution in [3.8, 4) is 0 Å². The number of hydrogen-bond acceptors (Lipinski definition) is 1. The van der Waals surface area contributed by atoms with Gasteiger partial charge in [-0.1, -0.05) is 29.8 Å². The summed E-state index contributed by atoms with van der Waals surface area (Å²) in [4.78, 5) is 14.1. The Labute approximate surface area is 130 Å². The van der Waals surface area contributed by atoms with Gasteiger partial charge in [0.1, 0.15) is 0 Å². The predicted octanol–water partition coefficient (Wildman–Crippen LogP) is 4.73. The molecule has 0 unspecified atom stereocenters. The monoisotopic (exact) mass is 363 g/mol. The van der Waals surface area contributed by atoms with E-state index in [9.17, 15) is 18.0 Å². The maximum absolute atomic E-state index is 12.9. The van der Waals surface area contributed by atoms with Crippen molar-refractivity contribution in [3.05, 3.63) is 33.8 Å². The molecule has 0 aromatic heterocycles. The molecule has 2 rings (SSSR count). The molecule has 1 aliphatic rings. The lowest BCUT2D eigenvalue weighted by atomic mass is 9.84. The van der Waals surface area contributed by atoms with Gasteiger partial charge in [-0.2, -0.15) is 13.2 Å². The van der Waals surface area contributed by atoms with Gasteiger partial charge in [0.25, 0.3) is 5.91 Å². The second kappa shape index (κ2) is 5.63. The van der Waals surface area contributed by atoms with Gasteiger partial charge in [0, 0.05) is 23.1 Å². The van der Waals surface area contributed by atoms with Crippen LogP contribution in [0, 0.1) is 5.41 Å². The SMILES string of the molecule is CC1(C)CCCN(C(=O)c2ccc(Br)c(C(F)(F)F)c2)C1. The van der Waals surface area contributed by atoms with Crippen LogP contribution in [0.1, 0.15) is 42.6 Å². The fourth-order valence-corrected chi connectivity index (χ4v) is 3.13. The molecule has 1 heterocycles. The van der Waals surface area contributed by atoms with Gasteiger partial charge in [-0.3, -0.25) is 4.79 Å². The van der Waals surface area contributed by atoms with Gasteiger partial charge in [0.15, 0.2) is 0 Å². The van der Waals surface area contributed by atoms with Crippen molar-refractivity contribution >= 4 is 21.8 Å². The van der Waals surface area contributed by atoms with Gasteiger partial charge in [0.05, 0.1) is 5.56 Å². The number of halogens is 4. The fourth-order valence-electron chi connectivity index (χ4n) is 2.65. The van der Waals surface area contributed by atoms with Gasteiger partial charge in [0.2, 0.25) is 0 Å². The molecule has 1 aliphatic heterocycles. The van der Waals surface area contributed by atoms with Crippen LogP contribution < -0.4 is 0 Å². The summed E-state index contributed by atoms with van der Waals surface area (Å²) in [5.41, 5.74) is -0.719. The zero-order chi connectivity index (χ0) is 15.8. The maximum atomic E-state index is 12.9.